The van der Waals surface area contributed by atoms with Crippen LogP contribution in [0.5, 0.6) is 0 Å². The molecule has 2 aromatic heterocycles. The average Bonchev–Trinajstić information content (AvgIpc) is 2.66. The predicted octanol–water partition coefficient (Wildman–Crippen LogP) is 0.643. The predicted molar refractivity (Wildman–Crippen MR) is 75.7 cm³/mol. The highest BCUT2D eigenvalue weighted by molar-refractivity contribution is 7.18. The normalized spacial score (nSPS) is 17.6. The first-order valence-corrected chi connectivity index (χ1v) is 7.25. The van der Waals surface area contributed by atoms with Crippen LogP contribution < -0.4 is 9.80 Å². The van der Waals surface area contributed by atoms with Crippen molar-refractivity contribution in [2.45, 2.75) is 13.8 Å². The minimum Gasteiger partial charge on any atom is -0.345 e. The summed E-state index contributed by atoms with van der Waals surface area (Å²) in [5.41, 5.74) is 1.34. The zero-order valence-electron chi connectivity index (χ0n) is 11.2. The van der Waals surface area contributed by atoms with Crippen LogP contribution in [0.1, 0.15) is 10.4 Å². The summed E-state index contributed by atoms with van der Waals surface area (Å²) >= 11 is 1.77. The van der Waals surface area contributed by atoms with E-state index in [9.17, 15) is 0 Å². The quantitative estimate of drug-likeness (QED) is 0.820. The third kappa shape index (κ3) is 1.87. The van der Waals surface area contributed by atoms with E-state index in [-0.39, 0.29) is 0 Å². The van der Waals surface area contributed by atoms with E-state index in [4.69, 9.17) is 0 Å². The molecule has 96 valence electrons. The van der Waals surface area contributed by atoms with Gasteiger partial charge >= 0.3 is 0 Å². The van der Waals surface area contributed by atoms with Crippen LogP contribution in [-0.4, -0.2) is 43.2 Å². The van der Waals surface area contributed by atoms with E-state index in [0.717, 1.165) is 23.7 Å². The molecular weight excluding hydrogens is 244 g/mol. The van der Waals surface area contributed by atoms with Crippen LogP contribution in [0.3, 0.4) is 0 Å². The first-order chi connectivity index (χ1) is 8.66. The number of likely N-dealkylation sites (N-methyl/N-ethyl adjacent to an activating group) is 1. The smallest absolute Gasteiger partial charge is 0.141 e. The number of anilines is 1. The Kier molecular flexibility index (Phi) is 2.95. The Hall–Kier alpha value is -1.20. The molecule has 1 aliphatic rings. The molecule has 1 fully saturated rings. The van der Waals surface area contributed by atoms with Crippen molar-refractivity contribution in [1.29, 1.82) is 0 Å². The van der Waals surface area contributed by atoms with Gasteiger partial charge in [0.25, 0.3) is 0 Å². The fourth-order valence-corrected chi connectivity index (χ4v) is 3.50. The van der Waals surface area contributed by atoms with E-state index >= 15 is 0 Å². The molecule has 5 heteroatoms. The number of thiophene rings is 1. The summed E-state index contributed by atoms with van der Waals surface area (Å²) in [4.78, 5) is 15.4. The lowest BCUT2D eigenvalue weighted by Crippen LogP contribution is -3.12. The van der Waals surface area contributed by atoms with Crippen molar-refractivity contribution < 1.29 is 4.90 Å². The number of nitrogens with one attached hydrogen (secondary N) is 1. The molecule has 3 rings (SSSR count). The van der Waals surface area contributed by atoms with Crippen LogP contribution in [0, 0.1) is 13.8 Å². The lowest BCUT2D eigenvalue weighted by molar-refractivity contribution is -0.880. The monoisotopic (exact) mass is 263 g/mol. The molecule has 18 heavy (non-hydrogen) atoms. The number of fused-ring (bicyclic) bond motifs is 1. The first-order valence-electron chi connectivity index (χ1n) is 6.44. The molecule has 0 atom stereocenters. The molecule has 0 bridgehead atoms. The Labute approximate surface area is 111 Å². The van der Waals surface area contributed by atoms with E-state index in [1.54, 1.807) is 22.6 Å². The topological polar surface area (TPSA) is 33.5 Å². The summed E-state index contributed by atoms with van der Waals surface area (Å²) in [5, 5.41) is 1.26. The molecule has 0 radical (unpaired) electrons. The maximum atomic E-state index is 4.54. The third-order valence-electron chi connectivity index (χ3n) is 3.86. The molecule has 1 saturated heterocycles. The van der Waals surface area contributed by atoms with Crippen molar-refractivity contribution in [1.82, 2.24) is 9.97 Å². The summed E-state index contributed by atoms with van der Waals surface area (Å²) in [5.74, 6) is 1.13. The summed E-state index contributed by atoms with van der Waals surface area (Å²) in [6, 6.07) is 0. The lowest BCUT2D eigenvalue weighted by Gasteiger charge is -2.31. The van der Waals surface area contributed by atoms with E-state index in [2.05, 4.69) is 35.8 Å². The van der Waals surface area contributed by atoms with Crippen LogP contribution in [0.2, 0.25) is 0 Å². The Morgan fingerprint density at radius 3 is 2.67 bits per heavy atom. The van der Waals surface area contributed by atoms with Crippen molar-refractivity contribution in [3.8, 4) is 0 Å². The van der Waals surface area contributed by atoms with Crippen molar-refractivity contribution >= 4 is 27.4 Å². The standard InChI is InChI=1S/C13H18N4S/c1-9-10(2)18-13-11(9)12(14-8-15-13)17-6-4-16(3)5-7-17/h8H,4-7H2,1-3H3/p+1. The van der Waals surface area contributed by atoms with Gasteiger partial charge in [0.05, 0.1) is 38.6 Å². The lowest BCUT2D eigenvalue weighted by atomic mass is 10.2. The van der Waals surface area contributed by atoms with Crippen LogP contribution in [0.4, 0.5) is 5.82 Å². The number of piperazine rings is 1. The Morgan fingerprint density at radius 1 is 1.22 bits per heavy atom. The summed E-state index contributed by atoms with van der Waals surface area (Å²) in [6.07, 6.45) is 1.71. The molecule has 0 unspecified atom stereocenters. The number of aromatic nitrogens is 2. The number of nitrogens with zero attached hydrogens (tertiary/aromatic N) is 3. The van der Waals surface area contributed by atoms with Crippen molar-refractivity contribution in [2.75, 3.05) is 38.1 Å². The van der Waals surface area contributed by atoms with Gasteiger partial charge in [-0.05, 0) is 19.4 Å². The van der Waals surface area contributed by atoms with Crippen LogP contribution in [-0.2, 0) is 0 Å². The largest absolute Gasteiger partial charge is 0.345 e. The fraction of sp³-hybridized carbons (Fsp3) is 0.538. The highest BCUT2D eigenvalue weighted by Crippen LogP contribution is 2.34. The molecule has 0 saturated carbocycles. The first kappa shape index (κ1) is 11.9. The van der Waals surface area contributed by atoms with Gasteiger partial charge in [-0.3, -0.25) is 0 Å². The van der Waals surface area contributed by atoms with Gasteiger partial charge in [-0.15, -0.1) is 11.3 Å². The molecule has 0 aliphatic carbocycles. The minimum absolute atomic E-state index is 1.09. The van der Waals surface area contributed by atoms with Gasteiger partial charge in [0.1, 0.15) is 17.0 Å². The minimum atomic E-state index is 1.09. The van der Waals surface area contributed by atoms with Crippen LogP contribution >= 0.6 is 11.3 Å². The molecule has 3 heterocycles. The van der Waals surface area contributed by atoms with Crippen molar-refractivity contribution in [2.24, 2.45) is 0 Å². The zero-order chi connectivity index (χ0) is 12.7. The zero-order valence-corrected chi connectivity index (χ0v) is 12.0. The molecule has 0 amide bonds. The average molecular weight is 263 g/mol. The highest BCUT2D eigenvalue weighted by Gasteiger charge is 2.21. The summed E-state index contributed by atoms with van der Waals surface area (Å²) in [6.45, 7) is 8.90. The third-order valence-corrected chi connectivity index (χ3v) is 4.98. The van der Waals surface area contributed by atoms with E-state index in [1.165, 1.54) is 28.9 Å². The number of hydrogen-bond acceptors (Lipinski definition) is 4. The van der Waals surface area contributed by atoms with E-state index in [1.807, 2.05) is 0 Å². The fourth-order valence-electron chi connectivity index (χ4n) is 2.50. The van der Waals surface area contributed by atoms with Gasteiger partial charge in [0.15, 0.2) is 0 Å². The number of hydrogen-bond donors (Lipinski definition) is 1. The summed E-state index contributed by atoms with van der Waals surface area (Å²) in [7, 11) is 2.26. The Balaban J connectivity index is 2.06. The number of rotatable bonds is 1. The van der Waals surface area contributed by atoms with E-state index in [0.29, 0.717) is 0 Å². The SMILES string of the molecule is Cc1sc2ncnc(N3CC[NH+](C)CC3)c2c1C. The molecular formula is C13H19N4S+. The van der Waals surface area contributed by atoms with Crippen LogP contribution in [0.15, 0.2) is 6.33 Å². The van der Waals surface area contributed by atoms with Crippen LogP contribution in [0.25, 0.3) is 10.2 Å². The molecule has 1 N–H and O–H groups in total. The van der Waals surface area contributed by atoms with Gasteiger partial charge in [-0.1, -0.05) is 0 Å². The molecule has 4 nitrogen and oxygen atoms in total. The second-order valence-corrected chi connectivity index (χ2v) is 6.31. The molecule has 0 aromatic carbocycles. The maximum absolute atomic E-state index is 4.54. The van der Waals surface area contributed by atoms with Gasteiger partial charge in [0.2, 0.25) is 0 Å². The second-order valence-electron chi connectivity index (χ2n) is 5.10. The number of quaternary nitrogens is 1. The summed E-state index contributed by atoms with van der Waals surface area (Å²) < 4.78 is 0. The second kappa shape index (κ2) is 4.48. The van der Waals surface area contributed by atoms with Gasteiger partial charge in [-0.25, -0.2) is 9.97 Å². The van der Waals surface area contributed by atoms with Gasteiger partial charge < -0.3 is 9.80 Å². The molecule has 1 aliphatic heterocycles. The number of aryl methyl sites for hydroxylation is 2. The van der Waals surface area contributed by atoms with E-state index < -0.39 is 0 Å². The maximum Gasteiger partial charge on any atom is 0.141 e. The Morgan fingerprint density at radius 2 is 1.94 bits per heavy atom. The van der Waals surface area contributed by atoms with Gasteiger partial charge in [-0.2, -0.15) is 0 Å². The molecule has 0 spiro atoms. The molecule has 2 aromatic rings. The van der Waals surface area contributed by atoms with Crippen molar-refractivity contribution in [3.05, 3.63) is 16.8 Å². The Bertz CT molecular complexity index is 570. The van der Waals surface area contributed by atoms with Gasteiger partial charge in [0, 0.05) is 4.88 Å². The highest BCUT2D eigenvalue weighted by atomic mass is 32.1. The van der Waals surface area contributed by atoms with Crippen molar-refractivity contribution in [3.63, 3.8) is 0 Å².